The molecule has 0 bridgehead atoms. The molecule has 0 heterocycles. The topological polar surface area (TPSA) is 105 Å². The summed E-state index contributed by atoms with van der Waals surface area (Å²) in [6.45, 7) is 6.90. The number of carbonyl (C=O) groups is 1. The van der Waals surface area contributed by atoms with Crippen LogP contribution in [0.4, 0.5) is 4.39 Å². The number of methoxy groups -OCH3 is 1. The highest BCUT2D eigenvalue weighted by Gasteiger charge is 2.61. The number of benzene rings is 1. The first-order chi connectivity index (χ1) is 15.3. The number of sulfonamides is 1. The van der Waals surface area contributed by atoms with E-state index in [0.29, 0.717) is 45.3 Å². The summed E-state index contributed by atoms with van der Waals surface area (Å²) in [6.07, 6.45) is 3.11. The zero-order valence-electron chi connectivity index (χ0n) is 20.0. The molecule has 0 saturated heterocycles. The van der Waals surface area contributed by atoms with Crippen molar-refractivity contribution in [1.29, 1.82) is 0 Å². The Bertz CT molecular complexity index is 948. The lowest BCUT2D eigenvalue weighted by molar-refractivity contribution is -0.123. The van der Waals surface area contributed by atoms with Gasteiger partial charge in [-0.3, -0.25) is 4.79 Å². The minimum atomic E-state index is -3.88. The van der Waals surface area contributed by atoms with Gasteiger partial charge in [-0.05, 0) is 80.0 Å². The first kappa shape index (κ1) is 26.1. The molecule has 2 saturated carbocycles. The van der Waals surface area contributed by atoms with Crippen molar-refractivity contribution in [3.8, 4) is 0 Å². The average Bonchev–Trinajstić information content (AvgIpc) is 2.92. The first-order valence-electron chi connectivity index (χ1n) is 11.6. The number of fused-ring (bicyclic) bond motifs is 1. The fraction of sp³-hybridized carbons (Fsp3) is 0.708. The van der Waals surface area contributed by atoms with Gasteiger partial charge < -0.3 is 15.2 Å². The van der Waals surface area contributed by atoms with Gasteiger partial charge in [-0.25, -0.2) is 17.5 Å². The van der Waals surface area contributed by atoms with Gasteiger partial charge in [-0.15, -0.1) is 0 Å². The second kappa shape index (κ2) is 9.60. The number of carbonyl (C=O) groups excluding carboxylic acids is 1. The molecular formula is C24H37FN2O5S. The summed E-state index contributed by atoms with van der Waals surface area (Å²) >= 11 is 0. The van der Waals surface area contributed by atoms with Crippen LogP contribution in [0.15, 0.2) is 29.2 Å². The average molecular weight is 485 g/mol. The van der Waals surface area contributed by atoms with E-state index in [1.165, 1.54) is 12.1 Å². The molecule has 1 amide bonds. The van der Waals surface area contributed by atoms with Crippen molar-refractivity contribution < 1.29 is 27.4 Å². The Kier molecular flexibility index (Phi) is 7.58. The van der Waals surface area contributed by atoms with Gasteiger partial charge in [0, 0.05) is 26.1 Å². The molecule has 9 heteroatoms. The van der Waals surface area contributed by atoms with Gasteiger partial charge in [0.25, 0.3) is 0 Å². The maximum atomic E-state index is 13.3. The van der Waals surface area contributed by atoms with E-state index < -0.39 is 32.9 Å². The molecule has 186 valence electrons. The van der Waals surface area contributed by atoms with Gasteiger partial charge >= 0.3 is 0 Å². The van der Waals surface area contributed by atoms with Gasteiger partial charge in [0.1, 0.15) is 5.82 Å². The second-order valence-electron chi connectivity index (χ2n) is 10.7. The van der Waals surface area contributed by atoms with Crippen molar-refractivity contribution >= 4 is 15.9 Å². The normalized spacial score (nSPS) is 31.2. The van der Waals surface area contributed by atoms with Gasteiger partial charge in [0.2, 0.25) is 15.9 Å². The number of hydrogen-bond donors (Lipinski definition) is 3. The molecule has 3 rings (SSSR count). The van der Waals surface area contributed by atoms with E-state index in [1.54, 1.807) is 7.11 Å². The summed E-state index contributed by atoms with van der Waals surface area (Å²) in [5.74, 6) is -0.551. The van der Waals surface area contributed by atoms with Crippen LogP contribution < -0.4 is 10.0 Å². The molecule has 2 aliphatic carbocycles. The van der Waals surface area contributed by atoms with Crippen molar-refractivity contribution in [2.75, 3.05) is 20.3 Å². The Balaban J connectivity index is 1.88. The smallest absolute Gasteiger partial charge is 0.240 e. The van der Waals surface area contributed by atoms with Crippen LogP contribution in [-0.2, 0) is 19.6 Å². The molecule has 1 aromatic rings. The van der Waals surface area contributed by atoms with E-state index in [1.807, 2.05) is 6.92 Å². The number of ether oxygens (including phenoxy) is 1. The fourth-order valence-electron chi connectivity index (χ4n) is 5.99. The van der Waals surface area contributed by atoms with E-state index in [2.05, 4.69) is 23.9 Å². The lowest BCUT2D eigenvalue weighted by Crippen LogP contribution is -2.52. The molecule has 2 aliphatic rings. The molecule has 7 nitrogen and oxygen atoms in total. The van der Waals surface area contributed by atoms with Crippen molar-refractivity contribution in [3.05, 3.63) is 30.1 Å². The van der Waals surface area contributed by atoms with E-state index in [4.69, 9.17) is 4.74 Å². The molecule has 0 aromatic heterocycles. The van der Waals surface area contributed by atoms with Crippen LogP contribution in [0.3, 0.4) is 0 Å². The Hall–Kier alpha value is -1.55. The van der Waals surface area contributed by atoms with Crippen LogP contribution in [0.5, 0.6) is 0 Å². The van der Waals surface area contributed by atoms with Gasteiger partial charge in [-0.1, -0.05) is 13.8 Å². The Morgan fingerprint density at radius 2 is 1.85 bits per heavy atom. The molecule has 2 fully saturated rings. The van der Waals surface area contributed by atoms with Crippen LogP contribution >= 0.6 is 0 Å². The Morgan fingerprint density at radius 1 is 1.18 bits per heavy atom. The van der Waals surface area contributed by atoms with Crippen molar-refractivity contribution in [3.63, 3.8) is 0 Å². The predicted octanol–water partition coefficient (Wildman–Crippen LogP) is 2.98. The minimum Gasteiger partial charge on any atom is -0.390 e. The third-order valence-corrected chi connectivity index (χ3v) is 9.19. The summed E-state index contributed by atoms with van der Waals surface area (Å²) < 4.78 is 47.6. The van der Waals surface area contributed by atoms with Gasteiger partial charge in [0.15, 0.2) is 0 Å². The van der Waals surface area contributed by atoms with E-state index >= 15 is 0 Å². The predicted molar refractivity (Wildman–Crippen MR) is 123 cm³/mol. The van der Waals surface area contributed by atoms with Crippen LogP contribution in [0.25, 0.3) is 0 Å². The molecule has 4 atom stereocenters. The summed E-state index contributed by atoms with van der Waals surface area (Å²) in [4.78, 5) is 12.5. The third kappa shape index (κ3) is 5.75. The fourth-order valence-corrected chi connectivity index (χ4v) is 7.32. The third-order valence-electron chi connectivity index (χ3n) is 7.70. The lowest BCUT2D eigenvalue weighted by Gasteiger charge is -2.50. The summed E-state index contributed by atoms with van der Waals surface area (Å²) in [6, 6.07) is 4.39. The summed E-state index contributed by atoms with van der Waals surface area (Å²) in [7, 11) is -2.31. The zero-order valence-corrected chi connectivity index (χ0v) is 20.8. The number of rotatable bonds is 9. The van der Waals surface area contributed by atoms with Crippen LogP contribution in [0, 0.1) is 22.6 Å². The molecule has 1 aromatic carbocycles. The largest absolute Gasteiger partial charge is 0.390 e. The monoisotopic (exact) mass is 484 g/mol. The van der Waals surface area contributed by atoms with Gasteiger partial charge in [-0.2, -0.15) is 0 Å². The highest BCUT2D eigenvalue weighted by atomic mass is 32.2. The highest BCUT2D eigenvalue weighted by Crippen LogP contribution is 2.64. The molecule has 0 unspecified atom stereocenters. The van der Waals surface area contributed by atoms with E-state index in [9.17, 15) is 22.7 Å². The number of halogens is 1. The van der Waals surface area contributed by atoms with Crippen LogP contribution in [0.1, 0.15) is 59.3 Å². The van der Waals surface area contributed by atoms with Crippen LogP contribution in [-0.4, -0.2) is 51.3 Å². The molecule has 0 spiro atoms. The number of nitrogens with one attached hydrogen (secondary N) is 2. The van der Waals surface area contributed by atoms with Crippen LogP contribution in [0.2, 0.25) is 0 Å². The van der Waals surface area contributed by atoms with E-state index in [-0.39, 0.29) is 28.6 Å². The van der Waals surface area contributed by atoms with Gasteiger partial charge in [0.05, 0.1) is 17.1 Å². The molecule has 3 N–H and O–H groups in total. The number of amides is 1. The first-order valence-corrected chi connectivity index (χ1v) is 13.1. The van der Waals surface area contributed by atoms with Crippen molar-refractivity contribution in [2.45, 2.75) is 75.8 Å². The minimum absolute atomic E-state index is 0.0143. The van der Waals surface area contributed by atoms with Crippen molar-refractivity contribution in [1.82, 2.24) is 10.0 Å². The summed E-state index contributed by atoms with van der Waals surface area (Å²) in [5, 5.41) is 13.7. The standard InChI is InChI=1S/C24H37FN2O5S/c1-22(2)16-20(27-33(30,31)18-7-5-17(25)6-8-18)24(10-9-21(28)26-13-14-32-4)12-11-23(3,29)15-19(22)24/h5-8,19-20,27,29H,9-16H2,1-4H3,(H,26,28)/t19-,20-,23-,24-/m0/s1. The quantitative estimate of drug-likeness (QED) is 0.468. The van der Waals surface area contributed by atoms with E-state index in [0.717, 1.165) is 12.1 Å². The molecule has 0 aliphatic heterocycles. The maximum absolute atomic E-state index is 13.3. The second-order valence-corrected chi connectivity index (χ2v) is 12.4. The summed E-state index contributed by atoms with van der Waals surface area (Å²) in [5.41, 5.74) is -1.51. The maximum Gasteiger partial charge on any atom is 0.240 e. The Labute approximate surface area is 196 Å². The van der Waals surface area contributed by atoms with Crippen molar-refractivity contribution in [2.24, 2.45) is 16.7 Å². The lowest BCUT2D eigenvalue weighted by atomic mass is 9.57. The number of hydrogen-bond acceptors (Lipinski definition) is 5. The molecule has 0 radical (unpaired) electrons. The molecular weight excluding hydrogens is 447 g/mol. The highest BCUT2D eigenvalue weighted by molar-refractivity contribution is 7.89. The number of aliphatic hydroxyl groups is 1. The zero-order chi connectivity index (χ0) is 24.5. The Morgan fingerprint density at radius 3 is 2.48 bits per heavy atom. The SMILES string of the molecule is COCCNC(=O)CC[C@]12CC[C@](C)(O)C[C@H]1C(C)(C)C[C@@H]2NS(=O)(=O)c1ccc(F)cc1. The molecule has 33 heavy (non-hydrogen) atoms.